The minimum Gasteiger partial charge on any atom is -0.299 e. The van der Waals surface area contributed by atoms with Gasteiger partial charge in [-0.1, -0.05) is 0 Å². The van der Waals surface area contributed by atoms with Gasteiger partial charge in [-0.25, -0.2) is 0 Å². The Labute approximate surface area is 98.3 Å². The van der Waals surface area contributed by atoms with Crippen LogP contribution in [0, 0.1) is 0 Å². The van der Waals surface area contributed by atoms with Gasteiger partial charge in [0.1, 0.15) is 5.78 Å². The summed E-state index contributed by atoms with van der Waals surface area (Å²) < 4.78 is 0. The fourth-order valence-corrected chi connectivity index (χ4v) is 1.22. The quantitative estimate of drug-likeness (QED) is 0.487. The van der Waals surface area contributed by atoms with E-state index in [-0.39, 0.29) is 0 Å². The summed E-state index contributed by atoms with van der Waals surface area (Å²) in [5, 5.41) is 0.791. The first-order chi connectivity index (χ1) is 7.68. The molecule has 0 aromatic rings. The Kier molecular flexibility index (Phi) is 5.17. The number of amides is 4. The van der Waals surface area contributed by atoms with E-state index in [0.29, 0.717) is 10.0 Å². The molecule has 0 saturated heterocycles. The SMILES string of the molecule is CC(=O)CC(=O)N(C(C)=O)N(C(C)=O)C(C)=O. The Morgan fingerprint density at radius 1 is 0.706 bits per heavy atom. The van der Waals surface area contributed by atoms with E-state index in [1.807, 2.05) is 0 Å². The van der Waals surface area contributed by atoms with Crippen LogP contribution >= 0.6 is 0 Å². The van der Waals surface area contributed by atoms with Gasteiger partial charge < -0.3 is 0 Å². The number of ketones is 1. The van der Waals surface area contributed by atoms with Crippen LogP contribution in [0.25, 0.3) is 0 Å². The minimum atomic E-state index is -0.907. The molecule has 0 aliphatic rings. The van der Waals surface area contributed by atoms with Crippen molar-refractivity contribution in [2.24, 2.45) is 0 Å². The predicted octanol–water partition coefficient (Wildman–Crippen LogP) is -0.349. The van der Waals surface area contributed by atoms with Gasteiger partial charge in [-0.15, -0.1) is 0 Å². The number of nitrogens with zero attached hydrogens (tertiary/aromatic N) is 2. The zero-order valence-corrected chi connectivity index (χ0v) is 10.1. The third-order valence-corrected chi connectivity index (χ3v) is 1.73. The monoisotopic (exact) mass is 242 g/mol. The highest BCUT2D eigenvalue weighted by Crippen LogP contribution is 2.05. The lowest BCUT2D eigenvalue weighted by atomic mass is 10.3. The Balaban J connectivity index is 5.27. The van der Waals surface area contributed by atoms with Gasteiger partial charge in [0.05, 0.1) is 6.42 Å². The molecule has 0 bridgehead atoms. The van der Waals surface area contributed by atoms with Crippen LogP contribution in [0.3, 0.4) is 0 Å². The first-order valence-electron chi connectivity index (χ1n) is 4.82. The molecule has 0 rings (SSSR count). The van der Waals surface area contributed by atoms with Crippen molar-refractivity contribution in [3.63, 3.8) is 0 Å². The Morgan fingerprint density at radius 2 is 1.06 bits per heavy atom. The van der Waals surface area contributed by atoms with Crippen molar-refractivity contribution in [2.75, 3.05) is 0 Å². The third-order valence-electron chi connectivity index (χ3n) is 1.73. The first-order valence-corrected chi connectivity index (χ1v) is 4.82. The average Bonchev–Trinajstić information content (AvgIpc) is 2.10. The molecule has 0 saturated carbocycles. The molecule has 0 N–H and O–H groups in total. The lowest BCUT2D eigenvalue weighted by Crippen LogP contribution is -2.53. The maximum atomic E-state index is 11.6. The number of hydrazine groups is 1. The normalized spacial score (nSPS) is 9.41. The number of hydrogen-bond donors (Lipinski definition) is 0. The maximum absolute atomic E-state index is 11.6. The van der Waals surface area contributed by atoms with Crippen molar-refractivity contribution < 1.29 is 24.0 Å². The summed E-state index contributed by atoms with van der Waals surface area (Å²) in [5.74, 6) is -3.72. The van der Waals surface area contributed by atoms with E-state index in [1.165, 1.54) is 6.92 Å². The molecule has 94 valence electrons. The van der Waals surface area contributed by atoms with Gasteiger partial charge in [-0.2, -0.15) is 10.0 Å². The highest BCUT2D eigenvalue weighted by atomic mass is 16.2. The number of carbonyl (C=O) groups excluding carboxylic acids is 5. The van der Waals surface area contributed by atoms with Crippen molar-refractivity contribution in [1.29, 1.82) is 0 Å². The van der Waals surface area contributed by atoms with E-state index in [1.54, 1.807) is 0 Å². The number of Topliss-reactive ketones (excluding diaryl/α,β-unsaturated/α-hetero) is 1. The van der Waals surface area contributed by atoms with Crippen molar-refractivity contribution in [3.8, 4) is 0 Å². The second-order valence-corrected chi connectivity index (χ2v) is 3.45. The topological polar surface area (TPSA) is 91.8 Å². The molecule has 7 heteroatoms. The molecule has 0 spiro atoms. The Morgan fingerprint density at radius 3 is 1.29 bits per heavy atom. The highest BCUT2D eigenvalue weighted by molar-refractivity contribution is 6.07. The van der Waals surface area contributed by atoms with Crippen LogP contribution in [0.15, 0.2) is 0 Å². The zero-order chi connectivity index (χ0) is 13.7. The van der Waals surface area contributed by atoms with Crippen LogP contribution in [0.4, 0.5) is 0 Å². The summed E-state index contributed by atoms with van der Waals surface area (Å²) in [6, 6.07) is 0. The number of hydrogen-bond acceptors (Lipinski definition) is 5. The van der Waals surface area contributed by atoms with E-state index in [4.69, 9.17) is 0 Å². The second-order valence-electron chi connectivity index (χ2n) is 3.45. The number of imide groups is 2. The molecule has 0 atom stereocenters. The first kappa shape index (κ1) is 14.9. The molecule has 7 nitrogen and oxygen atoms in total. The Hall–Kier alpha value is -2.05. The van der Waals surface area contributed by atoms with Gasteiger partial charge in [0.2, 0.25) is 17.7 Å². The van der Waals surface area contributed by atoms with Crippen LogP contribution in [0.1, 0.15) is 34.1 Å². The standard InChI is InChI=1S/C10H14N2O5/c1-6(13)5-10(17)12(9(4)16)11(7(2)14)8(3)15/h5H2,1-4H3. The summed E-state index contributed by atoms with van der Waals surface area (Å²) in [4.78, 5) is 56.0. The van der Waals surface area contributed by atoms with Crippen LogP contribution < -0.4 is 0 Å². The number of carbonyl (C=O) groups is 5. The largest absolute Gasteiger partial charge is 0.299 e. The van der Waals surface area contributed by atoms with Crippen molar-refractivity contribution in [1.82, 2.24) is 10.0 Å². The lowest BCUT2D eigenvalue weighted by molar-refractivity contribution is -0.177. The van der Waals surface area contributed by atoms with Crippen molar-refractivity contribution in [3.05, 3.63) is 0 Å². The van der Waals surface area contributed by atoms with Crippen molar-refractivity contribution in [2.45, 2.75) is 34.1 Å². The maximum Gasteiger partial charge on any atom is 0.256 e. The minimum absolute atomic E-state index is 0.381. The third kappa shape index (κ3) is 4.13. The highest BCUT2D eigenvalue weighted by Gasteiger charge is 2.31. The summed E-state index contributed by atoms with van der Waals surface area (Å²) in [7, 11) is 0. The molecule has 0 aliphatic heterocycles. The van der Waals surface area contributed by atoms with Gasteiger partial charge in [0, 0.05) is 20.8 Å². The fraction of sp³-hybridized carbons (Fsp3) is 0.500. The fourth-order valence-electron chi connectivity index (χ4n) is 1.22. The summed E-state index contributed by atoms with van der Waals surface area (Å²) in [6.45, 7) is 4.27. The molecule has 17 heavy (non-hydrogen) atoms. The zero-order valence-electron chi connectivity index (χ0n) is 10.1. The molecule has 0 heterocycles. The van der Waals surface area contributed by atoms with Crippen LogP contribution in [0.2, 0.25) is 0 Å². The molecule has 0 radical (unpaired) electrons. The van der Waals surface area contributed by atoms with E-state index in [2.05, 4.69) is 0 Å². The van der Waals surface area contributed by atoms with E-state index in [0.717, 1.165) is 20.8 Å². The van der Waals surface area contributed by atoms with Gasteiger partial charge in [0.25, 0.3) is 5.91 Å². The van der Waals surface area contributed by atoms with Crippen LogP contribution in [-0.4, -0.2) is 39.4 Å². The van der Waals surface area contributed by atoms with E-state index >= 15 is 0 Å². The van der Waals surface area contributed by atoms with Gasteiger partial charge in [0.15, 0.2) is 0 Å². The molecule has 0 unspecified atom stereocenters. The van der Waals surface area contributed by atoms with Crippen LogP contribution in [0.5, 0.6) is 0 Å². The molecule has 0 aromatic carbocycles. The smallest absolute Gasteiger partial charge is 0.256 e. The summed E-state index contributed by atoms with van der Waals surface area (Å²) >= 11 is 0. The van der Waals surface area contributed by atoms with Gasteiger partial charge >= 0.3 is 0 Å². The van der Waals surface area contributed by atoms with E-state index in [9.17, 15) is 24.0 Å². The molecule has 0 fully saturated rings. The van der Waals surface area contributed by atoms with Gasteiger partial charge in [-0.3, -0.25) is 24.0 Å². The molecule has 4 amide bonds. The molecular formula is C10H14N2O5. The second kappa shape index (κ2) is 5.88. The predicted molar refractivity (Wildman–Crippen MR) is 56.0 cm³/mol. The van der Waals surface area contributed by atoms with Crippen molar-refractivity contribution >= 4 is 29.4 Å². The van der Waals surface area contributed by atoms with Gasteiger partial charge in [-0.05, 0) is 6.92 Å². The summed E-state index contributed by atoms with van der Waals surface area (Å²) in [5.41, 5.74) is 0. The Bertz CT molecular complexity index is 374. The molecule has 0 aliphatic carbocycles. The molecule has 0 aromatic heterocycles. The summed E-state index contributed by atoms with van der Waals surface area (Å²) in [6.07, 6.45) is -0.545. The number of rotatable bonds is 2. The molecular weight excluding hydrogens is 228 g/mol. The lowest BCUT2D eigenvalue weighted by Gasteiger charge is -2.28. The average molecular weight is 242 g/mol. The van der Waals surface area contributed by atoms with E-state index < -0.39 is 35.8 Å². The van der Waals surface area contributed by atoms with Crippen LogP contribution in [-0.2, 0) is 24.0 Å².